The summed E-state index contributed by atoms with van der Waals surface area (Å²) in [6.45, 7) is 2.28. The molecule has 268 valence electrons. The van der Waals surface area contributed by atoms with Gasteiger partial charge in [0.05, 0.1) is 22.8 Å². The smallest absolute Gasteiger partial charge is 0.262 e. The molecular formula is C39H39Cl2N7O4. The van der Waals surface area contributed by atoms with Crippen LogP contribution in [0.1, 0.15) is 43.2 Å². The highest BCUT2D eigenvalue weighted by molar-refractivity contribution is 6.39. The number of carbonyl (C=O) groups excluding carboxylic acids is 2. The van der Waals surface area contributed by atoms with Crippen LogP contribution in [-0.4, -0.2) is 58.5 Å². The number of rotatable bonds is 13. The molecule has 52 heavy (non-hydrogen) atoms. The molecule has 4 N–H and O–H groups in total. The highest BCUT2D eigenvalue weighted by Gasteiger charge is 2.22. The van der Waals surface area contributed by atoms with Crippen molar-refractivity contribution < 1.29 is 14.3 Å². The molecule has 2 saturated heterocycles. The van der Waals surface area contributed by atoms with Crippen LogP contribution in [0.2, 0.25) is 10.0 Å². The van der Waals surface area contributed by atoms with Crippen LogP contribution in [0.15, 0.2) is 77.9 Å². The Kier molecular flexibility index (Phi) is 10.8. The van der Waals surface area contributed by atoms with E-state index in [1.807, 2.05) is 60.7 Å². The average molecular weight is 741 g/mol. The molecule has 3 aromatic heterocycles. The van der Waals surface area contributed by atoms with Gasteiger partial charge in [0.1, 0.15) is 5.65 Å². The number of hydrogen-bond donors (Lipinski definition) is 4. The van der Waals surface area contributed by atoms with E-state index in [0.29, 0.717) is 71.9 Å². The van der Waals surface area contributed by atoms with E-state index in [1.165, 1.54) is 4.40 Å². The molecular weight excluding hydrogens is 701 g/mol. The minimum Gasteiger partial charge on any atom is -0.481 e. The number of carbonyl (C=O) groups is 2. The summed E-state index contributed by atoms with van der Waals surface area (Å²) < 4.78 is 7.18. The highest BCUT2D eigenvalue weighted by Crippen LogP contribution is 2.42. The number of nitrogens with one attached hydrogen (secondary N) is 4. The van der Waals surface area contributed by atoms with Crippen molar-refractivity contribution in [1.29, 1.82) is 0 Å². The third-order valence-corrected chi connectivity index (χ3v) is 10.5. The van der Waals surface area contributed by atoms with E-state index in [0.717, 1.165) is 52.6 Å². The minimum atomic E-state index is -0.143. The van der Waals surface area contributed by atoms with Gasteiger partial charge in [-0.1, -0.05) is 65.7 Å². The Balaban J connectivity index is 1.08. The Morgan fingerprint density at radius 1 is 0.827 bits per heavy atom. The summed E-state index contributed by atoms with van der Waals surface area (Å²) in [5.41, 5.74) is 6.29. The zero-order chi connectivity index (χ0) is 36.2. The molecule has 2 aliphatic rings. The number of fused-ring (bicyclic) bond motifs is 1. The fraction of sp³-hybridized carbons (Fsp3) is 0.308. The Morgan fingerprint density at radius 3 is 2.21 bits per heavy atom. The largest absolute Gasteiger partial charge is 0.481 e. The molecule has 5 heterocycles. The van der Waals surface area contributed by atoms with Gasteiger partial charge in [0.25, 0.3) is 5.56 Å². The summed E-state index contributed by atoms with van der Waals surface area (Å²) >= 11 is 14.2. The van der Waals surface area contributed by atoms with Crippen molar-refractivity contribution in [2.45, 2.75) is 57.3 Å². The van der Waals surface area contributed by atoms with Gasteiger partial charge in [0, 0.05) is 90.3 Å². The lowest BCUT2D eigenvalue weighted by Gasteiger charge is -2.16. The minimum absolute atomic E-state index is 0.0926. The summed E-state index contributed by atoms with van der Waals surface area (Å²) in [4.78, 5) is 45.6. The van der Waals surface area contributed by atoms with Crippen LogP contribution < -0.4 is 31.6 Å². The van der Waals surface area contributed by atoms with E-state index in [2.05, 4.69) is 26.3 Å². The van der Waals surface area contributed by atoms with Crippen LogP contribution in [0.3, 0.4) is 0 Å². The first-order valence-corrected chi connectivity index (χ1v) is 18.2. The molecule has 0 unspecified atom stereocenters. The number of amides is 2. The fourth-order valence-corrected chi connectivity index (χ4v) is 7.50. The van der Waals surface area contributed by atoms with E-state index in [4.69, 9.17) is 32.9 Å². The normalized spacial score (nSPS) is 17.1. The first-order valence-electron chi connectivity index (χ1n) is 17.4. The van der Waals surface area contributed by atoms with E-state index < -0.39 is 0 Å². The van der Waals surface area contributed by atoms with Crippen LogP contribution in [0.4, 0.5) is 0 Å². The Labute approximate surface area is 311 Å². The van der Waals surface area contributed by atoms with Gasteiger partial charge in [0.2, 0.25) is 17.7 Å². The number of benzene rings is 2. The van der Waals surface area contributed by atoms with Crippen molar-refractivity contribution in [1.82, 2.24) is 35.6 Å². The molecule has 0 saturated carbocycles. The summed E-state index contributed by atoms with van der Waals surface area (Å²) in [6, 6.07) is 19.5. The lowest BCUT2D eigenvalue weighted by atomic mass is 9.97. The molecule has 2 fully saturated rings. The number of halogens is 2. The SMILES string of the molecule is COc1nc(-c2cccc(-c3cccc(-c4ccn5c(=O)c(CNCC[C@H]6CCC(=O)N6)cnc5c4)c3Cl)c2Cl)ccc1CNC[C@H]1CCC(=O)N1. The van der Waals surface area contributed by atoms with Crippen molar-refractivity contribution in [2.24, 2.45) is 0 Å². The van der Waals surface area contributed by atoms with E-state index >= 15 is 0 Å². The third-order valence-electron chi connectivity index (χ3n) is 9.65. The quantitative estimate of drug-likeness (QED) is 0.116. The van der Waals surface area contributed by atoms with Crippen molar-refractivity contribution in [3.63, 3.8) is 0 Å². The average Bonchev–Trinajstić information content (AvgIpc) is 3.78. The number of pyridine rings is 2. The summed E-state index contributed by atoms with van der Waals surface area (Å²) in [5.74, 6) is 0.683. The van der Waals surface area contributed by atoms with Crippen molar-refractivity contribution in [3.8, 4) is 39.4 Å². The van der Waals surface area contributed by atoms with E-state index in [1.54, 1.807) is 19.5 Å². The number of methoxy groups -OCH3 is 1. The molecule has 0 aliphatic carbocycles. The predicted octanol–water partition coefficient (Wildman–Crippen LogP) is 5.53. The third kappa shape index (κ3) is 7.68. The van der Waals surface area contributed by atoms with Crippen molar-refractivity contribution >= 4 is 40.7 Å². The number of ether oxygens (including phenoxy) is 1. The maximum Gasteiger partial charge on any atom is 0.262 e. The molecule has 2 atom stereocenters. The second-order valence-corrected chi connectivity index (χ2v) is 13.9. The second kappa shape index (κ2) is 15.8. The van der Waals surface area contributed by atoms with Gasteiger partial charge in [0.15, 0.2) is 0 Å². The molecule has 0 bridgehead atoms. The topological polar surface area (TPSA) is 139 Å². The molecule has 13 heteroatoms. The van der Waals surface area contributed by atoms with Crippen LogP contribution in [0, 0.1) is 0 Å². The molecule has 0 radical (unpaired) electrons. The van der Waals surface area contributed by atoms with E-state index in [9.17, 15) is 14.4 Å². The maximum absolute atomic E-state index is 13.3. The molecule has 2 aliphatic heterocycles. The highest BCUT2D eigenvalue weighted by atomic mass is 35.5. The van der Waals surface area contributed by atoms with Crippen molar-refractivity contribution in [2.75, 3.05) is 20.2 Å². The molecule has 2 aromatic carbocycles. The zero-order valence-corrected chi connectivity index (χ0v) is 30.2. The van der Waals surface area contributed by atoms with Gasteiger partial charge in [-0.05, 0) is 49.6 Å². The first-order chi connectivity index (χ1) is 25.3. The summed E-state index contributed by atoms with van der Waals surface area (Å²) in [5, 5.41) is 13.6. The number of aromatic nitrogens is 3. The molecule has 11 nitrogen and oxygen atoms in total. The monoisotopic (exact) mass is 739 g/mol. The molecule has 2 amide bonds. The van der Waals surface area contributed by atoms with Crippen LogP contribution >= 0.6 is 23.2 Å². The summed E-state index contributed by atoms with van der Waals surface area (Å²) in [7, 11) is 1.59. The standard InChI is InChI=1S/C39H39Cl2N7O4/c1-52-38-24(19-43-22-27-10-13-35(50)46-27)8-11-32(47-38)31-7-3-6-30(37(31)41)29-5-2-4-28(36(29)40)23-15-17-48-33(18-23)44-21-25(39(48)51)20-42-16-14-26-9-12-34(49)45-26/h2-8,11,15,17-18,21,26-27,42-43H,9-10,12-14,16,19-20,22H2,1H3,(H,45,49)(H,46,50)/t26-,27-/m1/s1. The lowest BCUT2D eigenvalue weighted by molar-refractivity contribution is -0.120. The van der Waals surface area contributed by atoms with Crippen LogP contribution in [0.5, 0.6) is 5.88 Å². The fourth-order valence-electron chi connectivity index (χ4n) is 6.84. The number of hydrogen-bond acceptors (Lipinski definition) is 8. The van der Waals surface area contributed by atoms with Gasteiger partial charge in [-0.3, -0.25) is 18.8 Å². The lowest BCUT2D eigenvalue weighted by Crippen LogP contribution is -2.35. The van der Waals surface area contributed by atoms with E-state index in [-0.39, 0.29) is 29.5 Å². The zero-order valence-electron chi connectivity index (χ0n) is 28.7. The molecule has 0 spiro atoms. The van der Waals surface area contributed by atoms with Crippen LogP contribution in [-0.2, 0) is 22.7 Å². The van der Waals surface area contributed by atoms with Crippen molar-refractivity contribution in [3.05, 3.63) is 105 Å². The predicted molar refractivity (Wildman–Crippen MR) is 202 cm³/mol. The number of nitrogens with zero attached hydrogens (tertiary/aromatic N) is 3. The second-order valence-electron chi connectivity index (χ2n) is 13.1. The first kappa shape index (κ1) is 35.6. The van der Waals surface area contributed by atoms with Gasteiger partial charge in [-0.2, -0.15) is 0 Å². The Bertz CT molecular complexity index is 2210. The summed E-state index contributed by atoms with van der Waals surface area (Å²) in [6.07, 6.45) is 6.96. The van der Waals surface area contributed by atoms with Gasteiger partial charge in [-0.25, -0.2) is 9.97 Å². The van der Waals surface area contributed by atoms with Crippen LogP contribution in [0.25, 0.3) is 39.2 Å². The Morgan fingerprint density at radius 2 is 1.50 bits per heavy atom. The van der Waals surface area contributed by atoms with Gasteiger partial charge < -0.3 is 26.0 Å². The molecule has 5 aromatic rings. The van der Waals surface area contributed by atoms with Gasteiger partial charge in [-0.15, -0.1) is 0 Å². The van der Waals surface area contributed by atoms with Gasteiger partial charge >= 0.3 is 0 Å². The maximum atomic E-state index is 13.3. The molecule has 7 rings (SSSR count). The Hall–Kier alpha value is -4.81.